The van der Waals surface area contributed by atoms with Gasteiger partial charge in [0.05, 0.1) is 25.5 Å². The molecule has 1 aromatic carbocycles. The number of amides is 1. The van der Waals surface area contributed by atoms with Crippen LogP contribution in [-0.2, 0) is 9.53 Å². The molecule has 5 nitrogen and oxygen atoms in total. The van der Waals surface area contributed by atoms with Crippen LogP contribution in [0.3, 0.4) is 0 Å². The van der Waals surface area contributed by atoms with E-state index in [4.69, 9.17) is 4.74 Å². The zero-order valence-electron chi connectivity index (χ0n) is 9.67. The predicted molar refractivity (Wildman–Crippen MR) is 71.4 cm³/mol. The van der Waals surface area contributed by atoms with Crippen molar-refractivity contribution in [1.82, 2.24) is 0 Å². The Kier molecular flexibility index (Phi) is 4.73. The molecule has 0 saturated carbocycles. The first kappa shape index (κ1) is 13.8. The minimum Gasteiger partial charge on any atom is -0.495 e. The van der Waals surface area contributed by atoms with E-state index < -0.39 is 5.97 Å². The maximum absolute atomic E-state index is 11.4. The van der Waals surface area contributed by atoms with Crippen molar-refractivity contribution < 1.29 is 19.1 Å². The monoisotopic (exact) mass is 349 g/mol. The van der Waals surface area contributed by atoms with Gasteiger partial charge in [0.1, 0.15) is 5.75 Å². The maximum atomic E-state index is 11.4. The average molecular weight is 349 g/mol. The lowest BCUT2D eigenvalue weighted by molar-refractivity contribution is -0.114. The molecule has 0 saturated heterocycles. The third kappa shape index (κ3) is 3.32. The number of hydrogen-bond donors (Lipinski definition) is 1. The van der Waals surface area contributed by atoms with Crippen molar-refractivity contribution >= 4 is 40.2 Å². The molecule has 0 aliphatic rings. The quantitative estimate of drug-likeness (QED) is 0.670. The Labute approximate surface area is 113 Å². The lowest BCUT2D eigenvalue weighted by Crippen LogP contribution is -2.10. The molecule has 6 heteroatoms. The van der Waals surface area contributed by atoms with E-state index in [1.54, 1.807) is 6.07 Å². The Morgan fingerprint density at radius 2 is 1.94 bits per heavy atom. The number of benzene rings is 1. The highest BCUT2D eigenvalue weighted by molar-refractivity contribution is 14.1. The number of carbonyl (C=O) groups is 2. The summed E-state index contributed by atoms with van der Waals surface area (Å²) in [5.74, 6) is -0.227. The molecule has 0 bridgehead atoms. The molecule has 1 amide bonds. The summed E-state index contributed by atoms with van der Waals surface area (Å²) < 4.78 is 10.5. The molecule has 0 spiro atoms. The van der Waals surface area contributed by atoms with E-state index in [2.05, 4.69) is 10.1 Å². The highest BCUT2D eigenvalue weighted by Crippen LogP contribution is 2.31. The number of nitrogens with one attached hydrogen (secondary N) is 1. The number of anilines is 1. The number of rotatable bonds is 3. The fraction of sp³-hybridized carbons (Fsp3) is 0.273. The lowest BCUT2D eigenvalue weighted by atomic mass is 10.2. The molecule has 0 unspecified atom stereocenters. The SMILES string of the molecule is COC(=O)c1cc(I)c(NC(C)=O)c(OC)c1. The number of carbonyl (C=O) groups excluding carboxylic acids is 2. The summed E-state index contributed by atoms with van der Waals surface area (Å²) in [5.41, 5.74) is 0.927. The van der Waals surface area contributed by atoms with Crippen LogP contribution >= 0.6 is 22.6 Å². The molecule has 0 aliphatic heterocycles. The van der Waals surface area contributed by atoms with Gasteiger partial charge in [-0.1, -0.05) is 0 Å². The van der Waals surface area contributed by atoms with Crippen molar-refractivity contribution in [3.63, 3.8) is 0 Å². The van der Waals surface area contributed by atoms with Crippen LogP contribution in [0.25, 0.3) is 0 Å². The van der Waals surface area contributed by atoms with E-state index in [1.165, 1.54) is 27.2 Å². The van der Waals surface area contributed by atoms with E-state index >= 15 is 0 Å². The van der Waals surface area contributed by atoms with Crippen LogP contribution < -0.4 is 10.1 Å². The van der Waals surface area contributed by atoms with Crippen LogP contribution in [0.4, 0.5) is 5.69 Å². The molecule has 1 rings (SSSR count). The van der Waals surface area contributed by atoms with Crippen molar-refractivity contribution in [2.45, 2.75) is 6.92 Å². The van der Waals surface area contributed by atoms with Gasteiger partial charge in [-0.3, -0.25) is 4.79 Å². The average Bonchev–Trinajstić information content (AvgIpc) is 2.29. The van der Waals surface area contributed by atoms with Crippen LogP contribution in [0.1, 0.15) is 17.3 Å². The van der Waals surface area contributed by atoms with E-state index in [-0.39, 0.29) is 5.91 Å². The van der Waals surface area contributed by atoms with Gasteiger partial charge in [-0.2, -0.15) is 0 Å². The molecular weight excluding hydrogens is 337 g/mol. The fourth-order valence-electron chi connectivity index (χ4n) is 1.28. The molecule has 1 N–H and O–H groups in total. The van der Waals surface area contributed by atoms with Gasteiger partial charge in [0.15, 0.2) is 0 Å². The van der Waals surface area contributed by atoms with Crippen molar-refractivity contribution in [1.29, 1.82) is 0 Å². The highest BCUT2D eigenvalue weighted by Gasteiger charge is 2.15. The third-order valence-corrected chi connectivity index (χ3v) is 2.85. The minimum absolute atomic E-state index is 0.202. The van der Waals surface area contributed by atoms with E-state index in [1.807, 2.05) is 22.6 Å². The van der Waals surface area contributed by atoms with Gasteiger partial charge in [0, 0.05) is 10.5 Å². The fourth-order valence-corrected chi connectivity index (χ4v) is 2.01. The molecule has 0 aromatic heterocycles. The Bertz CT molecular complexity index is 459. The van der Waals surface area contributed by atoms with Crippen molar-refractivity contribution in [2.24, 2.45) is 0 Å². The third-order valence-electron chi connectivity index (χ3n) is 2.00. The van der Waals surface area contributed by atoms with Crippen molar-refractivity contribution in [3.05, 3.63) is 21.3 Å². The van der Waals surface area contributed by atoms with Gasteiger partial charge >= 0.3 is 5.97 Å². The number of esters is 1. The van der Waals surface area contributed by atoms with Crippen LogP contribution in [0.15, 0.2) is 12.1 Å². The van der Waals surface area contributed by atoms with Gasteiger partial charge in [-0.05, 0) is 34.7 Å². The number of halogens is 1. The normalized spacial score (nSPS) is 9.65. The smallest absolute Gasteiger partial charge is 0.338 e. The first-order valence-corrected chi connectivity index (χ1v) is 5.81. The van der Waals surface area contributed by atoms with Crippen molar-refractivity contribution in [2.75, 3.05) is 19.5 Å². The molecule has 0 fully saturated rings. The lowest BCUT2D eigenvalue weighted by Gasteiger charge is -2.12. The first-order valence-electron chi connectivity index (χ1n) is 4.73. The van der Waals surface area contributed by atoms with Gasteiger partial charge < -0.3 is 14.8 Å². The number of hydrogen-bond acceptors (Lipinski definition) is 4. The second-order valence-corrected chi connectivity index (χ2v) is 4.37. The number of ether oxygens (including phenoxy) is 2. The molecule has 92 valence electrons. The summed E-state index contributed by atoms with van der Waals surface area (Å²) >= 11 is 2.02. The second kappa shape index (κ2) is 5.85. The van der Waals surface area contributed by atoms with Crippen LogP contribution in [0.5, 0.6) is 5.75 Å². The van der Waals surface area contributed by atoms with Crippen molar-refractivity contribution in [3.8, 4) is 5.75 Å². The molecule has 0 aliphatic carbocycles. The van der Waals surface area contributed by atoms with E-state index in [0.717, 1.165) is 0 Å². The van der Waals surface area contributed by atoms with E-state index in [0.29, 0.717) is 20.6 Å². The summed E-state index contributed by atoms with van der Waals surface area (Å²) in [7, 11) is 2.78. The Morgan fingerprint density at radius 1 is 1.29 bits per heavy atom. The molecule has 1 aromatic rings. The summed E-state index contributed by atoms with van der Waals surface area (Å²) in [6, 6.07) is 3.15. The van der Waals surface area contributed by atoms with Crippen LogP contribution in [0.2, 0.25) is 0 Å². The Hall–Kier alpha value is -1.31. The standard InChI is InChI=1S/C11H12INO4/c1-6(14)13-10-8(12)4-7(11(15)17-3)5-9(10)16-2/h4-5H,1-3H3,(H,13,14). The topological polar surface area (TPSA) is 64.6 Å². The zero-order chi connectivity index (χ0) is 13.0. The molecule has 0 atom stereocenters. The summed E-state index contributed by atoms with van der Waals surface area (Å²) in [5, 5.41) is 2.65. The first-order chi connectivity index (χ1) is 7.99. The summed E-state index contributed by atoms with van der Waals surface area (Å²) in [6.45, 7) is 1.41. The minimum atomic E-state index is -0.449. The second-order valence-electron chi connectivity index (χ2n) is 3.21. The zero-order valence-corrected chi connectivity index (χ0v) is 11.8. The van der Waals surface area contributed by atoms with E-state index in [9.17, 15) is 9.59 Å². The maximum Gasteiger partial charge on any atom is 0.338 e. The highest BCUT2D eigenvalue weighted by atomic mass is 127. The summed E-state index contributed by atoms with van der Waals surface area (Å²) in [6.07, 6.45) is 0. The van der Waals surface area contributed by atoms with Gasteiger partial charge in [0.25, 0.3) is 0 Å². The van der Waals surface area contributed by atoms with Crippen LogP contribution in [-0.4, -0.2) is 26.1 Å². The largest absolute Gasteiger partial charge is 0.495 e. The molecular formula is C11H12INO4. The van der Waals surface area contributed by atoms with Gasteiger partial charge in [-0.15, -0.1) is 0 Å². The predicted octanol–water partition coefficient (Wildman–Crippen LogP) is 2.04. The summed E-state index contributed by atoms with van der Waals surface area (Å²) in [4.78, 5) is 22.4. The molecule has 17 heavy (non-hydrogen) atoms. The molecule has 0 heterocycles. The van der Waals surface area contributed by atoms with Gasteiger partial charge in [0.2, 0.25) is 5.91 Å². The number of methoxy groups -OCH3 is 2. The Balaban J connectivity index is 3.25. The van der Waals surface area contributed by atoms with Crippen LogP contribution in [0, 0.1) is 3.57 Å². The van der Waals surface area contributed by atoms with Gasteiger partial charge in [-0.25, -0.2) is 4.79 Å². The Morgan fingerprint density at radius 3 is 2.41 bits per heavy atom. The molecule has 0 radical (unpaired) electrons.